The molecule has 0 saturated carbocycles. The van der Waals surface area contributed by atoms with E-state index in [1.807, 2.05) is 24.3 Å². The molecule has 1 aromatic carbocycles. The second-order valence-corrected chi connectivity index (χ2v) is 5.01. The molecule has 0 aliphatic rings. The Labute approximate surface area is 126 Å². The highest BCUT2D eigenvalue weighted by Gasteiger charge is 2.27. The quantitative estimate of drug-likeness (QED) is 0.522. The van der Waals surface area contributed by atoms with Gasteiger partial charge in [-0.15, -0.1) is 12.4 Å². The predicted octanol–water partition coefficient (Wildman–Crippen LogP) is 2.60. The number of para-hydroxylation sites is 2. The van der Waals surface area contributed by atoms with Gasteiger partial charge in [-0.3, -0.25) is 9.59 Å². The van der Waals surface area contributed by atoms with Crippen LogP contribution in [0.25, 0.3) is 11.0 Å². The Morgan fingerprint density at radius 1 is 1.40 bits per heavy atom. The lowest BCUT2D eigenvalue weighted by Gasteiger charge is -2.09. The van der Waals surface area contributed by atoms with Gasteiger partial charge >= 0.3 is 5.97 Å². The highest BCUT2D eigenvalue weighted by Crippen LogP contribution is 2.24. The van der Waals surface area contributed by atoms with E-state index in [0.717, 1.165) is 22.8 Å². The lowest BCUT2D eigenvalue weighted by molar-refractivity contribution is -0.144. The molecular formula is C13H15ClN2O3S. The van der Waals surface area contributed by atoms with Crippen molar-refractivity contribution in [2.75, 3.05) is 6.61 Å². The number of Topliss-reactive ketones (excluding diaryl/α,β-unsaturated/α-hetero) is 1. The van der Waals surface area contributed by atoms with Crippen LogP contribution in [0.4, 0.5) is 0 Å². The number of carbonyl (C=O) groups is 2. The minimum absolute atomic E-state index is 0. The van der Waals surface area contributed by atoms with E-state index in [1.54, 1.807) is 6.92 Å². The van der Waals surface area contributed by atoms with E-state index in [4.69, 9.17) is 4.74 Å². The zero-order chi connectivity index (χ0) is 13.8. The van der Waals surface area contributed by atoms with E-state index in [-0.39, 0.29) is 24.8 Å². The van der Waals surface area contributed by atoms with Crippen LogP contribution in [0.1, 0.15) is 13.8 Å². The first-order valence-corrected chi connectivity index (χ1v) is 6.78. The van der Waals surface area contributed by atoms with Crippen molar-refractivity contribution < 1.29 is 14.3 Å². The normalized spacial score (nSPS) is 11.7. The Kier molecular flexibility index (Phi) is 6.04. The Morgan fingerprint density at radius 2 is 2.10 bits per heavy atom. The lowest BCUT2D eigenvalue weighted by Crippen LogP contribution is -2.27. The summed E-state index contributed by atoms with van der Waals surface area (Å²) in [6.07, 6.45) is 0. The lowest BCUT2D eigenvalue weighted by atomic mass is 10.3. The van der Waals surface area contributed by atoms with Crippen molar-refractivity contribution in [3.05, 3.63) is 24.3 Å². The molecule has 0 amide bonds. The number of benzene rings is 1. The molecule has 0 aliphatic carbocycles. The molecule has 1 N–H and O–H groups in total. The number of ketones is 1. The van der Waals surface area contributed by atoms with Crippen LogP contribution in [0.3, 0.4) is 0 Å². The topological polar surface area (TPSA) is 72.0 Å². The Morgan fingerprint density at radius 3 is 2.70 bits per heavy atom. The summed E-state index contributed by atoms with van der Waals surface area (Å²) in [6, 6.07) is 7.52. The summed E-state index contributed by atoms with van der Waals surface area (Å²) in [5.41, 5.74) is 1.67. The van der Waals surface area contributed by atoms with Crippen LogP contribution in [-0.4, -0.2) is 33.6 Å². The van der Waals surface area contributed by atoms with E-state index in [1.165, 1.54) is 6.92 Å². The molecule has 108 valence electrons. The number of esters is 1. The summed E-state index contributed by atoms with van der Waals surface area (Å²) < 4.78 is 4.89. The fourth-order valence-electron chi connectivity index (χ4n) is 1.61. The standard InChI is InChI=1S/C13H14N2O3S.ClH/c1-3-18-12(17)11(8(2)16)19-13-14-9-6-4-5-7-10(9)15-13;/h4-7,11H,3H2,1-2H3,(H,14,15);1H. The van der Waals surface area contributed by atoms with Gasteiger partial charge in [0.1, 0.15) is 0 Å². The third-order valence-corrected chi connectivity index (χ3v) is 3.64. The van der Waals surface area contributed by atoms with Crippen LogP contribution >= 0.6 is 24.2 Å². The van der Waals surface area contributed by atoms with Crippen molar-refractivity contribution in [1.82, 2.24) is 9.97 Å². The van der Waals surface area contributed by atoms with Gasteiger partial charge in [0.05, 0.1) is 17.6 Å². The third-order valence-electron chi connectivity index (χ3n) is 2.47. The van der Waals surface area contributed by atoms with Gasteiger partial charge in [0.2, 0.25) is 0 Å². The summed E-state index contributed by atoms with van der Waals surface area (Å²) in [6.45, 7) is 3.33. The molecule has 2 aromatic rings. The maximum atomic E-state index is 11.7. The molecule has 20 heavy (non-hydrogen) atoms. The number of rotatable bonds is 5. The minimum atomic E-state index is -0.875. The molecule has 0 radical (unpaired) electrons. The summed E-state index contributed by atoms with van der Waals surface area (Å²) in [5, 5.41) is -0.338. The van der Waals surface area contributed by atoms with Gasteiger partial charge in [-0.25, -0.2) is 4.98 Å². The molecule has 7 heteroatoms. The second kappa shape index (κ2) is 7.31. The molecule has 0 bridgehead atoms. The van der Waals surface area contributed by atoms with Gasteiger partial charge in [0.15, 0.2) is 16.2 Å². The number of nitrogens with zero attached hydrogens (tertiary/aromatic N) is 1. The molecule has 1 atom stereocenters. The molecular weight excluding hydrogens is 300 g/mol. The number of aromatic amines is 1. The van der Waals surface area contributed by atoms with Crippen LogP contribution < -0.4 is 0 Å². The molecule has 1 aromatic heterocycles. The number of imidazole rings is 1. The van der Waals surface area contributed by atoms with Gasteiger partial charge in [0, 0.05) is 0 Å². The summed E-state index contributed by atoms with van der Waals surface area (Å²) >= 11 is 1.08. The first-order valence-electron chi connectivity index (χ1n) is 5.90. The van der Waals surface area contributed by atoms with Crippen molar-refractivity contribution in [3.63, 3.8) is 0 Å². The summed E-state index contributed by atoms with van der Waals surface area (Å²) in [5.74, 6) is -0.774. The number of fused-ring (bicyclic) bond motifs is 1. The zero-order valence-corrected chi connectivity index (χ0v) is 12.7. The highest BCUT2D eigenvalue weighted by atomic mass is 35.5. The van der Waals surface area contributed by atoms with Gasteiger partial charge in [-0.05, 0) is 26.0 Å². The number of nitrogens with one attached hydrogen (secondary N) is 1. The third kappa shape index (κ3) is 3.74. The maximum absolute atomic E-state index is 11.7. The number of H-pyrrole nitrogens is 1. The Hall–Kier alpha value is -1.53. The average molecular weight is 315 g/mol. The fraction of sp³-hybridized carbons (Fsp3) is 0.308. The highest BCUT2D eigenvalue weighted by molar-refractivity contribution is 8.01. The number of halogens is 1. The van der Waals surface area contributed by atoms with Gasteiger partial charge in [-0.2, -0.15) is 0 Å². The monoisotopic (exact) mass is 314 g/mol. The largest absolute Gasteiger partial charge is 0.465 e. The predicted molar refractivity (Wildman–Crippen MR) is 80.3 cm³/mol. The van der Waals surface area contributed by atoms with Crippen LogP contribution in [0.5, 0.6) is 0 Å². The van der Waals surface area contributed by atoms with Crippen molar-refractivity contribution in [2.24, 2.45) is 0 Å². The molecule has 1 heterocycles. The fourth-order valence-corrected chi connectivity index (χ4v) is 2.49. The van der Waals surface area contributed by atoms with Crippen LogP contribution in [0.15, 0.2) is 29.4 Å². The van der Waals surface area contributed by atoms with E-state index >= 15 is 0 Å². The Balaban J connectivity index is 0.00000200. The molecule has 0 fully saturated rings. The van der Waals surface area contributed by atoms with Crippen LogP contribution in [0.2, 0.25) is 0 Å². The SMILES string of the molecule is CCOC(=O)C(Sc1nc2ccccc2[nH]1)C(C)=O.Cl. The molecule has 0 aliphatic heterocycles. The first-order chi connectivity index (χ1) is 9.11. The van der Waals surface area contributed by atoms with Gasteiger partial charge < -0.3 is 9.72 Å². The maximum Gasteiger partial charge on any atom is 0.327 e. The molecule has 0 saturated heterocycles. The summed E-state index contributed by atoms with van der Waals surface area (Å²) in [7, 11) is 0. The van der Waals surface area contributed by atoms with Crippen molar-refractivity contribution in [1.29, 1.82) is 0 Å². The van der Waals surface area contributed by atoms with Crippen molar-refractivity contribution in [2.45, 2.75) is 24.3 Å². The van der Waals surface area contributed by atoms with E-state index in [0.29, 0.717) is 5.16 Å². The van der Waals surface area contributed by atoms with Crippen molar-refractivity contribution in [3.8, 4) is 0 Å². The van der Waals surface area contributed by atoms with E-state index in [9.17, 15) is 9.59 Å². The first kappa shape index (κ1) is 16.5. The number of hydrogen-bond acceptors (Lipinski definition) is 5. The molecule has 0 spiro atoms. The van der Waals surface area contributed by atoms with Crippen molar-refractivity contribution >= 4 is 47.0 Å². The molecule has 1 unspecified atom stereocenters. The van der Waals surface area contributed by atoms with E-state index in [2.05, 4.69) is 9.97 Å². The summed E-state index contributed by atoms with van der Waals surface area (Å²) in [4.78, 5) is 30.6. The number of thioether (sulfide) groups is 1. The average Bonchev–Trinajstić information content (AvgIpc) is 2.78. The minimum Gasteiger partial charge on any atom is -0.465 e. The van der Waals surface area contributed by atoms with E-state index < -0.39 is 11.2 Å². The zero-order valence-electron chi connectivity index (χ0n) is 11.1. The van der Waals surface area contributed by atoms with Crippen LogP contribution in [-0.2, 0) is 14.3 Å². The number of ether oxygens (including phenoxy) is 1. The number of hydrogen-bond donors (Lipinski definition) is 1. The number of aromatic nitrogens is 2. The number of carbonyl (C=O) groups excluding carboxylic acids is 2. The van der Waals surface area contributed by atoms with Gasteiger partial charge in [-0.1, -0.05) is 23.9 Å². The smallest absolute Gasteiger partial charge is 0.327 e. The molecule has 5 nitrogen and oxygen atoms in total. The van der Waals surface area contributed by atoms with Crippen LogP contribution in [0, 0.1) is 0 Å². The second-order valence-electron chi connectivity index (χ2n) is 3.92. The van der Waals surface area contributed by atoms with Gasteiger partial charge in [0.25, 0.3) is 0 Å². The Bertz CT molecular complexity index is 581. The molecule has 2 rings (SSSR count).